The summed E-state index contributed by atoms with van der Waals surface area (Å²) >= 11 is 1.59. The highest BCUT2D eigenvalue weighted by Crippen LogP contribution is 2.05. The van der Waals surface area contributed by atoms with Crippen molar-refractivity contribution < 1.29 is 9.90 Å². The molecule has 0 aliphatic rings. The molecule has 0 fully saturated rings. The van der Waals surface area contributed by atoms with Gasteiger partial charge in [0.15, 0.2) is 0 Å². The number of hydrogen-bond donors (Lipinski definition) is 1. The largest absolute Gasteiger partial charge is 0.481 e. The monoisotopic (exact) mass is 197 g/mol. The molecule has 4 heteroatoms. The fourth-order valence-corrected chi connectivity index (χ4v) is 1.35. The number of rotatable bonds is 4. The minimum Gasteiger partial charge on any atom is -0.481 e. The molecule has 1 rings (SSSR count). The highest BCUT2D eigenvalue weighted by atomic mass is 32.1. The molecule has 0 saturated carbocycles. The summed E-state index contributed by atoms with van der Waals surface area (Å²) in [5.74, 6) is -1.21. The third kappa shape index (κ3) is 3.38. The van der Waals surface area contributed by atoms with Gasteiger partial charge in [0.2, 0.25) is 0 Å². The Morgan fingerprint density at radius 3 is 3.15 bits per heavy atom. The molecule has 70 valence electrons. The first-order valence-corrected chi connectivity index (χ1v) is 4.84. The van der Waals surface area contributed by atoms with E-state index in [2.05, 4.69) is 4.99 Å². The highest BCUT2D eigenvalue weighted by molar-refractivity contribution is 7.11. The van der Waals surface area contributed by atoms with Crippen LogP contribution >= 0.6 is 11.3 Å². The zero-order valence-corrected chi connectivity index (χ0v) is 8.12. The Morgan fingerprint density at radius 2 is 2.62 bits per heavy atom. The van der Waals surface area contributed by atoms with Gasteiger partial charge in [-0.15, -0.1) is 11.3 Å². The summed E-state index contributed by atoms with van der Waals surface area (Å²) in [6.07, 6.45) is 1.71. The van der Waals surface area contributed by atoms with E-state index in [-0.39, 0.29) is 0 Å². The molecular weight excluding hydrogens is 186 g/mol. The molecule has 0 aliphatic carbocycles. The topological polar surface area (TPSA) is 49.7 Å². The van der Waals surface area contributed by atoms with Crippen LogP contribution < -0.4 is 0 Å². The molecular formula is C9H11NO2S. The van der Waals surface area contributed by atoms with Gasteiger partial charge in [-0.1, -0.05) is 13.0 Å². The van der Waals surface area contributed by atoms with E-state index >= 15 is 0 Å². The van der Waals surface area contributed by atoms with E-state index in [4.69, 9.17) is 5.11 Å². The predicted octanol–water partition coefficient (Wildman–Crippen LogP) is 1.89. The third-order valence-electron chi connectivity index (χ3n) is 1.56. The number of aliphatic carboxylic acids is 1. The molecule has 0 saturated heterocycles. The summed E-state index contributed by atoms with van der Waals surface area (Å²) in [5.41, 5.74) is 0. The molecule has 0 aromatic carbocycles. The second-order valence-electron chi connectivity index (χ2n) is 2.75. The number of aliphatic imine (C=N–C) groups is 1. The quantitative estimate of drug-likeness (QED) is 0.749. The number of carboxylic acid groups (broad SMARTS) is 1. The van der Waals surface area contributed by atoms with Gasteiger partial charge >= 0.3 is 5.97 Å². The molecule has 0 spiro atoms. The first-order chi connectivity index (χ1) is 6.20. The van der Waals surface area contributed by atoms with Crippen molar-refractivity contribution in [2.24, 2.45) is 10.9 Å². The van der Waals surface area contributed by atoms with Crippen molar-refractivity contribution in [1.82, 2.24) is 0 Å². The van der Waals surface area contributed by atoms with E-state index < -0.39 is 11.9 Å². The van der Waals surface area contributed by atoms with E-state index in [1.807, 2.05) is 17.5 Å². The molecule has 1 unspecified atom stereocenters. The van der Waals surface area contributed by atoms with Gasteiger partial charge in [-0.05, 0) is 11.4 Å². The van der Waals surface area contributed by atoms with Gasteiger partial charge in [0.05, 0.1) is 12.5 Å². The van der Waals surface area contributed by atoms with Crippen molar-refractivity contribution in [3.05, 3.63) is 22.4 Å². The van der Waals surface area contributed by atoms with Gasteiger partial charge in [-0.25, -0.2) is 0 Å². The van der Waals surface area contributed by atoms with Crippen molar-refractivity contribution in [2.45, 2.75) is 6.92 Å². The van der Waals surface area contributed by atoms with Crippen LogP contribution in [0.3, 0.4) is 0 Å². The maximum absolute atomic E-state index is 10.4. The molecule has 0 radical (unpaired) electrons. The summed E-state index contributed by atoms with van der Waals surface area (Å²) < 4.78 is 0. The molecule has 0 bridgehead atoms. The number of nitrogens with zero attached hydrogens (tertiary/aromatic N) is 1. The first-order valence-electron chi connectivity index (χ1n) is 3.96. The van der Waals surface area contributed by atoms with E-state index in [0.717, 1.165) is 4.88 Å². The molecule has 1 heterocycles. The summed E-state index contributed by atoms with van der Waals surface area (Å²) in [5, 5.41) is 10.5. The summed E-state index contributed by atoms with van der Waals surface area (Å²) in [7, 11) is 0. The third-order valence-corrected chi connectivity index (χ3v) is 2.37. The van der Waals surface area contributed by atoms with Crippen LogP contribution in [-0.2, 0) is 4.79 Å². The fourth-order valence-electron chi connectivity index (χ4n) is 0.744. The van der Waals surface area contributed by atoms with Crippen molar-refractivity contribution in [1.29, 1.82) is 0 Å². The zero-order chi connectivity index (χ0) is 9.68. The molecule has 0 amide bonds. The van der Waals surface area contributed by atoms with Crippen LogP contribution in [0.1, 0.15) is 11.8 Å². The Hall–Kier alpha value is -1.16. The van der Waals surface area contributed by atoms with Crippen molar-refractivity contribution in [3.63, 3.8) is 0 Å². The van der Waals surface area contributed by atoms with Crippen LogP contribution in [0.2, 0.25) is 0 Å². The molecule has 1 atom stereocenters. The second-order valence-corrected chi connectivity index (χ2v) is 3.73. The average Bonchev–Trinajstić information content (AvgIpc) is 2.56. The minimum absolute atomic E-state index is 0.341. The molecule has 1 N–H and O–H groups in total. The lowest BCUT2D eigenvalue weighted by Gasteiger charge is -1.98. The lowest BCUT2D eigenvalue weighted by molar-refractivity contribution is -0.140. The Morgan fingerprint density at radius 1 is 1.85 bits per heavy atom. The van der Waals surface area contributed by atoms with E-state index in [1.54, 1.807) is 24.5 Å². The van der Waals surface area contributed by atoms with Crippen LogP contribution in [-0.4, -0.2) is 23.8 Å². The smallest absolute Gasteiger partial charge is 0.308 e. The SMILES string of the molecule is CC(CN=Cc1cccs1)C(=O)O. The minimum atomic E-state index is -0.802. The Balaban J connectivity index is 2.38. The number of thiophene rings is 1. The number of carboxylic acids is 1. The van der Waals surface area contributed by atoms with Gasteiger partial charge in [0.25, 0.3) is 0 Å². The van der Waals surface area contributed by atoms with Crippen molar-refractivity contribution >= 4 is 23.5 Å². The predicted molar refractivity (Wildman–Crippen MR) is 53.6 cm³/mol. The number of carbonyl (C=O) groups is 1. The van der Waals surface area contributed by atoms with Gasteiger partial charge in [-0.3, -0.25) is 9.79 Å². The van der Waals surface area contributed by atoms with Gasteiger partial charge < -0.3 is 5.11 Å². The summed E-state index contributed by atoms with van der Waals surface area (Å²) in [6.45, 7) is 1.99. The van der Waals surface area contributed by atoms with Gasteiger partial charge in [0, 0.05) is 11.1 Å². The zero-order valence-electron chi connectivity index (χ0n) is 7.30. The van der Waals surface area contributed by atoms with Crippen LogP contribution in [0.15, 0.2) is 22.5 Å². The molecule has 1 aromatic rings. The van der Waals surface area contributed by atoms with E-state index in [9.17, 15) is 4.79 Å². The fraction of sp³-hybridized carbons (Fsp3) is 0.333. The standard InChI is InChI=1S/C9H11NO2S/c1-7(9(11)12)5-10-6-8-3-2-4-13-8/h2-4,6-7H,5H2,1H3,(H,11,12). The van der Waals surface area contributed by atoms with Crippen LogP contribution in [0.5, 0.6) is 0 Å². The lowest BCUT2D eigenvalue weighted by Crippen LogP contribution is -2.12. The molecule has 3 nitrogen and oxygen atoms in total. The van der Waals surface area contributed by atoms with Crippen LogP contribution in [0.4, 0.5) is 0 Å². The Kier molecular flexibility index (Phi) is 3.64. The second kappa shape index (κ2) is 4.77. The van der Waals surface area contributed by atoms with Crippen molar-refractivity contribution in [2.75, 3.05) is 6.54 Å². The maximum Gasteiger partial charge on any atom is 0.308 e. The van der Waals surface area contributed by atoms with Gasteiger partial charge in [-0.2, -0.15) is 0 Å². The summed E-state index contributed by atoms with van der Waals surface area (Å²) in [6, 6.07) is 3.88. The van der Waals surface area contributed by atoms with Crippen molar-refractivity contribution in [3.8, 4) is 0 Å². The average molecular weight is 197 g/mol. The van der Waals surface area contributed by atoms with Crippen LogP contribution in [0, 0.1) is 5.92 Å². The Labute approximate surface area is 80.7 Å². The lowest BCUT2D eigenvalue weighted by atomic mass is 10.2. The van der Waals surface area contributed by atoms with Gasteiger partial charge in [0.1, 0.15) is 0 Å². The number of hydrogen-bond acceptors (Lipinski definition) is 3. The molecule has 1 aromatic heterocycles. The summed E-state index contributed by atoms with van der Waals surface area (Å²) in [4.78, 5) is 15.5. The van der Waals surface area contributed by atoms with E-state index in [0.29, 0.717) is 6.54 Å². The normalized spacial score (nSPS) is 13.3. The van der Waals surface area contributed by atoms with Crippen LogP contribution in [0.25, 0.3) is 0 Å². The highest BCUT2D eigenvalue weighted by Gasteiger charge is 2.08. The van der Waals surface area contributed by atoms with E-state index in [1.165, 1.54) is 0 Å². The Bertz CT molecular complexity index is 293. The first kappa shape index (κ1) is 9.92. The maximum atomic E-state index is 10.4. The molecule has 0 aliphatic heterocycles. The molecule has 13 heavy (non-hydrogen) atoms.